The molecule has 0 aliphatic heterocycles. The Bertz CT molecular complexity index is 173. The molecule has 0 aromatic carbocycles. The first-order valence-corrected chi connectivity index (χ1v) is 10.1. The zero-order chi connectivity index (χ0) is 15.6. The Morgan fingerprint density at radius 2 is 0.952 bits per heavy atom. The normalized spacial score (nSPS) is 12.7. The van der Waals surface area contributed by atoms with Crippen molar-refractivity contribution in [2.24, 2.45) is 5.92 Å². The molecule has 0 bridgehead atoms. The van der Waals surface area contributed by atoms with E-state index < -0.39 is 0 Å². The van der Waals surface area contributed by atoms with E-state index in [0.717, 1.165) is 12.3 Å². The maximum Gasteiger partial charge on any atom is -0.0443 e. The van der Waals surface area contributed by atoms with Crippen LogP contribution in [0.25, 0.3) is 0 Å². The first-order valence-electron chi connectivity index (χ1n) is 10.1. The highest BCUT2D eigenvalue weighted by Gasteiger charge is 2.01. The van der Waals surface area contributed by atoms with Gasteiger partial charge in [0.2, 0.25) is 0 Å². The first-order chi connectivity index (χ1) is 10.3. The van der Waals surface area contributed by atoms with Gasteiger partial charge in [0.25, 0.3) is 0 Å². The summed E-state index contributed by atoms with van der Waals surface area (Å²) in [4.78, 5) is 0. The van der Waals surface area contributed by atoms with E-state index in [9.17, 15) is 0 Å². The molecule has 1 radical (unpaired) electrons. The number of hydrogen-bond acceptors (Lipinski definition) is 0. The van der Waals surface area contributed by atoms with E-state index in [0.29, 0.717) is 0 Å². The summed E-state index contributed by atoms with van der Waals surface area (Å²) in [6.45, 7) is 8.64. The highest BCUT2D eigenvalue weighted by atomic mass is 14.1. The van der Waals surface area contributed by atoms with Crippen LogP contribution in [0.1, 0.15) is 123 Å². The molecule has 0 heterocycles. The van der Waals surface area contributed by atoms with Crippen molar-refractivity contribution in [3.05, 3.63) is 6.92 Å². The molecule has 0 fully saturated rings. The van der Waals surface area contributed by atoms with Gasteiger partial charge in [0.1, 0.15) is 0 Å². The average Bonchev–Trinajstić information content (AvgIpc) is 2.49. The molecule has 21 heavy (non-hydrogen) atoms. The minimum Gasteiger partial charge on any atom is -0.0654 e. The Balaban J connectivity index is 3.02. The minimum atomic E-state index is 0.930. The second kappa shape index (κ2) is 18.1. The van der Waals surface area contributed by atoms with Gasteiger partial charge in [-0.15, -0.1) is 0 Å². The van der Waals surface area contributed by atoms with Gasteiger partial charge in [-0.1, -0.05) is 130 Å². The fourth-order valence-corrected chi connectivity index (χ4v) is 3.15. The van der Waals surface area contributed by atoms with Gasteiger partial charge in [0.15, 0.2) is 0 Å². The molecule has 127 valence electrons. The quantitative estimate of drug-likeness (QED) is 0.238. The molecule has 0 aliphatic rings. The van der Waals surface area contributed by atoms with Gasteiger partial charge in [-0.05, 0) is 5.92 Å². The van der Waals surface area contributed by atoms with E-state index in [1.165, 1.54) is 103 Å². The van der Waals surface area contributed by atoms with Gasteiger partial charge in [-0.2, -0.15) is 0 Å². The SMILES string of the molecule is [CH2]CCCC(C)CCCCCCCCCCCCCCC. The Hall–Kier alpha value is 0. The summed E-state index contributed by atoms with van der Waals surface area (Å²) >= 11 is 0. The Kier molecular flexibility index (Phi) is 18.1. The zero-order valence-corrected chi connectivity index (χ0v) is 15.3. The van der Waals surface area contributed by atoms with Gasteiger partial charge in [0.05, 0.1) is 0 Å². The molecule has 0 aromatic rings. The van der Waals surface area contributed by atoms with Gasteiger partial charge >= 0.3 is 0 Å². The lowest BCUT2D eigenvalue weighted by Gasteiger charge is -2.10. The fourth-order valence-electron chi connectivity index (χ4n) is 3.15. The molecule has 1 atom stereocenters. The van der Waals surface area contributed by atoms with E-state index >= 15 is 0 Å². The van der Waals surface area contributed by atoms with Crippen molar-refractivity contribution < 1.29 is 0 Å². The van der Waals surface area contributed by atoms with Crippen molar-refractivity contribution in [2.45, 2.75) is 123 Å². The van der Waals surface area contributed by atoms with Crippen LogP contribution in [0.2, 0.25) is 0 Å². The lowest BCUT2D eigenvalue weighted by Crippen LogP contribution is -1.94. The van der Waals surface area contributed by atoms with Crippen molar-refractivity contribution in [2.75, 3.05) is 0 Å². The number of rotatable bonds is 17. The second-order valence-electron chi connectivity index (χ2n) is 7.13. The molecule has 0 aliphatic carbocycles. The van der Waals surface area contributed by atoms with Crippen LogP contribution in [0.3, 0.4) is 0 Å². The van der Waals surface area contributed by atoms with Gasteiger partial charge in [0, 0.05) is 0 Å². The zero-order valence-electron chi connectivity index (χ0n) is 15.3. The Morgan fingerprint density at radius 3 is 1.38 bits per heavy atom. The highest BCUT2D eigenvalue weighted by molar-refractivity contribution is 4.56. The van der Waals surface area contributed by atoms with Crippen molar-refractivity contribution in [1.29, 1.82) is 0 Å². The van der Waals surface area contributed by atoms with E-state index in [1.807, 2.05) is 0 Å². The Morgan fingerprint density at radius 1 is 0.571 bits per heavy atom. The first kappa shape index (κ1) is 21.0. The van der Waals surface area contributed by atoms with Gasteiger partial charge in [-0.3, -0.25) is 0 Å². The molecule has 0 nitrogen and oxygen atoms in total. The third kappa shape index (κ3) is 18.0. The molecule has 0 saturated carbocycles. The molecule has 0 heteroatoms. The smallest absolute Gasteiger partial charge is 0.0443 e. The predicted octanol–water partition coefficient (Wildman–Crippen LogP) is 8.11. The molecule has 0 rings (SSSR count). The summed E-state index contributed by atoms with van der Waals surface area (Å²) in [5.41, 5.74) is 0. The van der Waals surface area contributed by atoms with Crippen LogP contribution >= 0.6 is 0 Å². The van der Waals surface area contributed by atoms with Crippen molar-refractivity contribution >= 4 is 0 Å². The van der Waals surface area contributed by atoms with Crippen LogP contribution in [0.15, 0.2) is 0 Å². The van der Waals surface area contributed by atoms with E-state index in [4.69, 9.17) is 0 Å². The van der Waals surface area contributed by atoms with Crippen LogP contribution < -0.4 is 0 Å². The van der Waals surface area contributed by atoms with Crippen LogP contribution in [0, 0.1) is 12.8 Å². The Labute approximate surface area is 136 Å². The van der Waals surface area contributed by atoms with E-state index in [-0.39, 0.29) is 0 Å². The van der Waals surface area contributed by atoms with Crippen LogP contribution in [-0.2, 0) is 0 Å². The topological polar surface area (TPSA) is 0 Å². The standard InChI is InChI=1S/C21H43/c1-4-6-8-9-10-11-12-13-14-15-16-17-18-20-21(3)19-7-5-2/h21H,2,4-20H2,1,3H3. The number of hydrogen-bond donors (Lipinski definition) is 0. The second-order valence-corrected chi connectivity index (χ2v) is 7.13. The van der Waals surface area contributed by atoms with Crippen molar-refractivity contribution in [1.82, 2.24) is 0 Å². The number of unbranched alkanes of at least 4 members (excludes halogenated alkanes) is 13. The third-order valence-electron chi connectivity index (χ3n) is 4.75. The van der Waals surface area contributed by atoms with Crippen molar-refractivity contribution in [3.63, 3.8) is 0 Å². The lowest BCUT2D eigenvalue weighted by molar-refractivity contribution is 0.443. The monoisotopic (exact) mass is 295 g/mol. The molecule has 0 aromatic heterocycles. The highest BCUT2D eigenvalue weighted by Crippen LogP contribution is 2.17. The summed E-state index contributed by atoms with van der Waals surface area (Å²) in [5, 5.41) is 0. The van der Waals surface area contributed by atoms with Gasteiger partial charge < -0.3 is 0 Å². The molecule has 0 N–H and O–H groups in total. The summed E-state index contributed by atoms with van der Waals surface area (Å²) in [5.74, 6) is 0.930. The van der Waals surface area contributed by atoms with Crippen LogP contribution in [0.4, 0.5) is 0 Å². The summed E-state index contributed by atoms with van der Waals surface area (Å²) < 4.78 is 0. The van der Waals surface area contributed by atoms with Crippen LogP contribution in [-0.4, -0.2) is 0 Å². The summed E-state index contributed by atoms with van der Waals surface area (Å²) in [7, 11) is 0. The predicted molar refractivity (Wildman–Crippen MR) is 98.7 cm³/mol. The third-order valence-corrected chi connectivity index (χ3v) is 4.75. The largest absolute Gasteiger partial charge is 0.0654 e. The average molecular weight is 296 g/mol. The molecule has 0 amide bonds. The summed E-state index contributed by atoms with van der Waals surface area (Å²) in [6.07, 6.45) is 24.3. The maximum absolute atomic E-state index is 3.93. The maximum atomic E-state index is 3.93. The van der Waals surface area contributed by atoms with E-state index in [2.05, 4.69) is 20.8 Å². The molecule has 0 spiro atoms. The van der Waals surface area contributed by atoms with Crippen molar-refractivity contribution in [3.8, 4) is 0 Å². The fraction of sp³-hybridized carbons (Fsp3) is 0.952. The van der Waals surface area contributed by atoms with Crippen LogP contribution in [0.5, 0.6) is 0 Å². The molecule has 0 saturated heterocycles. The minimum absolute atomic E-state index is 0.930. The summed E-state index contributed by atoms with van der Waals surface area (Å²) in [6, 6.07) is 0. The van der Waals surface area contributed by atoms with Gasteiger partial charge in [-0.25, -0.2) is 0 Å². The molecular formula is C21H43. The lowest BCUT2D eigenvalue weighted by atomic mass is 9.97. The molecule has 1 unspecified atom stereocenters. The van der Waals surface area contributed by atoms with E-state index in [1.54, 1.807) is 0 Å². The molecular weight excluding hydrogens is 252 g/mol.